The van der Waals surface area contributed by atoms with E-state index in [1.165, 1.54) is 22.6 Å². The van der Waals surface area contributed by atoms with Crippen LogP contribution in [0, 0.1) is 0 Å². The Morgan fingerprint density at radius 2 is 2.12 bits per heavy atom. The molecular formula is C16H17F2N3O3S. The molecule has 1 saturated heterocycles. The maximum Gasteiger partial charge on any atom is 0.387 e. The number of anilines is 2. The second-order valence-electron chi connectivity index (χ2n) is 5.52. The van der Waals surface area contributed by atoms with E-state index in [4.69, 9.17) is 0 Å². The molecule has 1 fully saturated rings. The fourth-order valence-electron chi connectivity index (χ4n) is 2.60. The Labute approximate surface area is 144 Å². The van der Waals surface area contributed by atoms with Crippen molar-refractivity contribution >= 4 is 21.5 Å². The molecule has 1 N–H and O–H groups in total. The smallest absolute Gasteiger partial charge is 0.387 e. The van der Waals surface area contributed by atoms with Crippen LogP contribution in [0.1, 0.15) is 12.0 Å². The van der Waals surface area contributed by atoms with Crippen LogP contribution >= 0.6 is 0 Å². The van der Waals surface area contributed by atoms with Gasteiger partial charge in [0.05, 0.1) is 17.6 Å². The number of nitrogens with one attached hydrogen (secondary N) is 1. The summed E-state index contributed by atoms with van der Waals surface area (Å²) >= 11 is 0. The highest BCUT2D eigenvalue weighted by molar-refractivity contribution is 7.93. The maximum absolute atomic E-state index is 12.1. The fourth-order valence-corrected chi connectivity index (χ4v) is 4.16. The minimum atomic E-state index is -3.21. The van der Waals surface area contributed by atoms with Crippen molar-refractivity contribution in [1.82, 2.24) is 4.98 Å². The van der Waals surface area contributed by atoms with Gasteiger partial charge >= 0.3 is 6.61 Å². The van der Waals surface area contributed by atoms with Gasteiger partial charge in [-0.2, -0.15) is 8.78 Å². The number of pyridine rings is 1. The molecule has 1 aliphatic heterocycles. The van der Waals surface area contributed by atoms with E-state index in [-0.39, 0.29) is 11.5 Å². The van der Waals surface area contributed by atoms with Crippen LogP contribution in [0.4, 0.5) is 20.3 Å². The summed E-state index contributed by atoms with van der Waals surface area (Å²) in [5.74, 6) is 0.662. The molecule has 0 radical (unpaired) electrons. The number of halogens is 2. The lowest BCUT2D eigenvalue weighted by Crippen LogP contribution is -2.25. The second kappa shape index (κ2) is 7.22. The van der Waals surface area contributed by atoms with E-state index >= 15 is 0 Å². The van der Waals surface area contributed by atoms with Crippen molar-refractivity contribution in [2.75, 3.05) is 21.9 Å². The molecule has 25 heavy (non-hydrogen) atoms. The van der Waals surface area contributed by atoms with Crippen molar-refractivity contribution in [3.8, 4) is 5.75 Å². The van der Waals surface area contributed by atoms with E-state index in [0.29, 0.717) is 31.0 Å². The number of rotatable bonds is 6. The summed E-state index contributed by atoms with van der Waals surface area (Å²) in [6.45, 7) is -1.97. The number of ether oxygens (including phenoxy) is 1. The van der Waals surface area contributed by atoms with Gasteiger partial charge in [0.2, 0.25) is 10.0 Å². The van der Waals surface area contributed by atoms with E-state index in [1.807, 2.05) is 12.1 Å². The highest BCUT2D eigenvalue weighted by atomic mass is 32.2. The molecule has 9 heteroatoms. The zero-order valence-corrected chi connectivity index (χ0v) is 14.0. The molecule has 0 atom stereocenters. The van der Waals surface area contributed by atoms with Gasteiger partial charge in [-0.05, 0) is 36.2 Å². The van der Waals surface area contributed by atoms with Gasteiger partial charge in [-0.3, -0.25) is 4.31 Å². The summed E-state index contributed by atoms with van der Waals surface area (Å²) in [6.07, 6.45) is 1.84. The molecule has 6 nitrogen and oxygen atoms in total. The third kappa shape index (κ3) is 4.36. The summed E-state index contributed by atoms with van der Waals surface area (Å²) in [7, 11) is -3.21. The number of alkyl halides is 2. The predicted octanol–water partition coefficient (Wildman–Crippen LogP) is 2.84. The predicted molar refractivity (Wildman–Crippen MR) is 90.4 cm³/mol. The highest BCUT2D eigenvalue weighted by Gasteiger charge is 2.28. The van der Waals surface area contributed by atoms with Gasteiger partial charge in [0.1, 0.15) is 11.6 Å². The Balaban J connectivity index is 1.65. The minimum Gasteiger partial charge on any atom is -0.433 e. The standard InChI is InChI=1S/C16H17F2N3O3S/c17-16(18)24-14-5-6-15(20-11-14)19-10-12-3-1-4-13(9-12)21-7-2-8-25(21,22)23/h1,3-6,9,11,16H,2,7-8,10H2,(H,19,20). The number of hydrogen-bond donors (Lipinski definition) is 1. The fraction of sp³-hybridized carbons (Fsp3) is 0.312. The summed E-state index contributed by atoms with van der Waals surface area (Å²) < 4.78 is 53.8. The molecule has 0 saturated carbocycles. The lowest BCUT2D eigenvalue weighted by molar-refractivity contribution is -0.0500. The van der Waals surface area contributed by atoms with Crippen LogP contribution in [0.15, 0.2) is 42.6 Å². The first-order chi connectivity index (χ1) is 11.9. The van der Waals surface area contributed by atoms with Crippen molar-refractivity contribution in [2.24, 2.45) is 0 Å². The van der Waals surface area contributed by atoms with Gasteiger partial charge in [0.15, 0.2) is 0 Å². The van der Waals surface area contributed by atoms with Crippen molar-refractivity contribution in [1.29, 1.82) is 0 Å². The molecule has 1 aliphatic rings. The Hall–Kier alpha value is -2.42. The first-order valence-electron chi connectivity index (χ1n) is 7.68. The van der Waals surface area contributed by atoms with Crippen molar-refractivity contribution in [2.45, 2.75) is 19.6 Å². The normalized spacial score (nSPS) is 16.2. The summed E-state index contributed by atoms with van der Waals surface area (Å²) in [4.78, 5) is 3.99. The summed E-state index contributed by atoms with van der Waals surface area (Å²) in [6, 6.07) is 10.2. The van der Waals surface area contributed by atoms with Crippen molar-refractivity contribution in [3.05, 3.63) is 48.2 Å². The van der Waals surface area contributed by atoms with Crippen LogP contribution in [0.5, 0.6) is 5.75 Å². The zero-order chi connectivity index (χ0) is 17.9. The monoisotopic (exact) mass is 369 g/mol. The average molecular weight is 369 g/mol. The molecule has 2 aromatic rings. The van der Waals surface area contributed by atoms with Gasteiger partial charge < -0.3 is 10.1 Å². The average Bonchev–Trinajstić information content (AvgIpc) is 2.93. The zero-order valence-electron chi connectivity index (χ0n) is 13.2. The topological polar surface area (TPSA) is 71.5 Å². The van der Waals surface area contributed by atoms with Gasteiger partial charge in [-0.1, -0.05) is 12.1 Å². The second-order valence-corrected chi connectivity index (χ2v) is 7.54. The summed E-state index contributed by atoms with van der Waals surface area (Å²) in [5.41, 5.74) is 1.53. The quantitative estimate of drug-likeness (QED) is 0.848. The molecule has 2 heterocycles. The van der Waals surface area contributed by atoms with Crippen molar-refractivity contribution < 1.29 is 21.9 Å². The first kappa shape index (κ1) is 17.4. The van der Waals surface area contributed by atoms with Crippen molar-refractivity contribution in [3.63, 3.8) is 0 Å². The Kier molecular flexibility index (Phi) is 5.03. The molecule has 1 aromatic carbocycles. The van der Waals surface area contributed by atoms with Gasteiger partial charge in [-0.25, -0.2) is 13.4 Å². The molecule has 0 aliphatic carbocycles. The lowest BCUT2D eigenvalue weighted by Gasteiger charge is -2.17. The third-order valence-electron chi connectivity index (χ3n) is 3.73. The van der Waals surface area contributed by atoms with E-state index in [0.717, 1.165) is 5.56 Å². The van der Waals surface area contributed by atoms with Crippen LogP contribution in [-0.2, 0) is 16.6 Å². The molecule has 134 valence electrons. The van der Waals surface area contributed by atoms with Crippen LogP contribution < -0.4 is 14.4 Å². The minimum absolute atomic E-state index is 0.0122. The highest BCUT2D eigenvalue weighted by Crippen LogP contribution is 2.25. The third-order valence-corrected chi connectivity index (χ3v) is 5.60. The molecule has 3 rings (SSSR count). The summed E-state index contributed by atoms with van der Waals surface area (Å²) in [5, 5.41) is 3.06. The van der Waals surface area contributed by atoms with Gasteiger partial charge in [0, 0.05) is 13.1 Å². The van der Waals surface area contributed by atoms with Gasteiger partial charge in [-0.15, -0.1) is 0 Å². The van der Waals surface area contributed by atoms with Gasteiger partial charge in [0.25, 0.3) is 0 Å². The van der Waals surface area contributed by atoms with E-state index in [1.54, 1.807) is 12.1 Å². The maximum atomic E-state index is 12.1. The SMILES string of the molecule is O=S1(=O)CCCN1c1cccc(CNc2ccc(OC(F)F)cn2)c1. The van der Waals surface area contributed by atoms with E-state index < -0.39 is 16.6 Å². The Bertz CT molecular complexity index is 829. The van der Waals surface area contributed by atoms with E-state index in [2.05, 4.69) is 15.0 Å². The van der Waals surface area contributed by atoms with E-state index in [9.17, 15) is 17.2 Å². The number of nitrogens with zero attached hydrogens (tertiary/aromatic N) is 2. The first-order valence-corrected chi connectivity index (χ1v) is 9.29. The molecule has 0 unspecified atom stereocenters. The molecule has 1 aromatic heterocycles. The number of hydrogen-bond acceptors (Lipinski definition) is 5. The Morgan fingerprint density at radius 3 is 2.76 bits per heavy atom. The molecular weight excluding hydrogens is 352 g/mol. The molecule has 0 amide bonds. The lowest BCUT2D eigenvalue weighted by atomic mass is 10.2. The van der Waals surface area contributed by atoms with Crippen LogP contribution in [-0.4, -0.2) is 32.3 Å². The Morgan fingerprint density at radius 1 is 1.28 bits per heavy atom. The number of benzene rings is 1. The molecule has 0 spiro atoms. The largest absolute Gasteiger partial charge is 0.433 e. The van der Waals surface area contributed by atoms with Crippen LogP contribution in [0.3, 0.4) is 0 Å². The number of aromatic nitrogens is 1. The van der Waals surface area contributed by atoms with Crippen LogP contribution in [0.2, 0.25) is 0 Å². The number of sulfonamides is 1. The molecule has 0 bridgehead atoms. The van der Waals surface area contributed by atoms with Crippen LogP contribution in [0.25, 0.3) is 0 Å².